The van der Waals surface area contributed by atoms with Crippen LogP contribution in [0, 0.1) is 6.92 Å². The SMILES string of the molecule is Cc1cnc(CNC(=O)NCCc2nc(C(=O)O)cs2)o1. The van der Waals surface area contributed by atoms with E-state index in [1.54, 1.807) is 13.1 Å². The van der Waals surface area contributed by atoms with Crippen molar-refractivity contribution < 1.29 is 19.1 Å². The molecule has 0 bridgehead atoms. The molecule has 0 aliphatic carbocycles. The molecule has 0 spiro atoms. The third-order valence-electron chi connectivity index (χ3n) is 2.46. The Morgan fingerprint density at radius 3 is 2.86 bits per heavy atom. The van der Waals surface area contributed by atoms with E-state index in [1.807, 2.05) is 0 Å². The molecule has 0 aliphatic rings. The Balaban J connectivity index is 1.67. The minimum Gasteiger partial charge on any atom is -0.476 e. The first-order valence-electron chi connectivity index (χ1n) is 6.15. The molecule has 0 atom stereocenters. The van der Waals surface area contributed by atoms with Crippen LogP contribution in [-0.2, 0) is 13.0 Å². The van der Waals surface area contributed by atoms with E-state index in [1.165, 1.54) is 16.7 Å². The molecule has 0 radical (unpaired) electrons. The van der Waals surface area contributed by atoms with Crippen LogP contribution in [0.5, 0.6) is 0 Å². The van der Waals surface area contributed by atoms with Gasteiger partial charge in [0.05, 0.1) is 17.7 Å². The second kappa shape index (κ2) is 6.84. The van der Waals surface area contributed by atoms with Gasteiger partial charge in [0.2, 0.25) is 5.89 Å². The van der Waals surface area contributed by atoms with E-state index in [0.717, 1.165) is 0 Å². The lowest BCUT2D eigenvalue weighted by Crippen LogP contribution is -2.36. The van der Waals surface area contributed by atoms with Crippen LogP contribution in [0.15, 0.2) is 16.0 Å². The lowest BCUT2D eigenvalue weighted by molar-refractivity contribution is 0.0691. The van der Waals surface area contributed by atoms with Gasteiger partial charge in [-0.25, -0.2) is 19.6 Å². The van der Waals surface area contributed by atoms with Crippen LogP contribution >= 0.6 is 11.3 Å². The van der Waals surface area contributed by atoms with Crippen LogP contribution < -0.4 is 10.6 Å². The third-order valence-corrected chi connectivity index (χ3v) is 3.37. The molecule has 2 aromatic rings. The van der Waals surface area contributed by atoms with E-state index in [9.17, 15) is 9.59 Å². The number of rotatable bonds is 6. The standard InChI is InChI=1S/C12H14N4O4S/c1-7-4-14-9(20-7)5-15-12(19)13-3-2-10-16-8(6-21-10)11(17)18/h4,6H,2-3,5H2,1H3,(H,17,18)(H2,13,15,19). The highest BCUT2D eigenvalue weighted by atomic mass is 32.1. The predicted octanol–water partition coefficient (Wildman–Crippen LogP) is 1.18. The maximum atomic E-state index is 11.5. The van der Waals surface area contributed by atoms with E-state index in [2.05, 4.69) is 20.6 Å². The minimum absolute atomic E-state index is 0.0266. The van der Waals surface area contributed by atoms with Gasteiger partial charge in [-0.05, 0) is 6.92 Å². The van der Waals surface area contributed by atoms with Crippen LogP contribution in [-0.4, -0.2) is 33.6 Å². The molecule has 8 nitrogen and oxygen atoms in total. The summed E-state index contributed by atoms with van der Waals surface area (Å²) in [4.78, 5) is 30.1. The maximum Gasteiger partial charge on any atom is 0.355 e. The molecule has 2 amide bonds. The zero-order valence-corrected chi connectivity index (χ0v) is 12.1. The van der Waals surface area contributed by atoms with Crippen molar-refractivity contribution in [3.8, 4) is 0 Å². The van der Waals surface area contributed by atoms with E-state index in [0.29, 0.717) is 29.6 Å². The van der Waals surface area contributed by atoms with Crippen molar-refractivity contribution in [3.05, 3.63) is 33.9 Å². The number of urea groups is 1. The summed E-state index contributed by atoms with van der Waals surface area (Å²) >= 11 is 1.25. The molecule has 9 heteroatoms. The molecule has 112 valence electrons. The van der Waals surface area contributed by atoms with E-state index in [4.69, 9.17) is 9.52 Å². The highest BCUT2D eigenvalue weighted by molar-refractivity contribution is 7.09. The van der Waals surface area contributed by atoms with Crippen LogP contribution in [0.1, 0.15) is 27.1 Å². The quantitative estimate of drug-likeness (QED) is 0.737. The Kier molecular flexibility index (Phi) is 4.88. The van der Waals surface area contributed by atoms with E-state index < -0.39 is 5.97 Å². The van der Waals surface area contributed by atoms with Crippen molar-refractivity contribution >= 4 is 23.3 Å². The second-order valence-electron chi connectivity index (χ2n) is 4.16. The van der Waals surface area contributed by atoms with Gasteiger partial charge >= 0.3 is 12.0 Å². The monoisotopic (exact) mass is 310 g/mol. The predicted molar refractivity (Wildman–Crippen MR) is 74.3 cm³/mol. The summed E-state index contributed by atoms with van der Waals surface area (Å²) < 4.78 is 5.22. The minimum atomic E-state index is -1.05. The third kappa shape index (κ3) is 4.56. The molecule has 2 heterocycles. The Morgan fingerprint density at radius 2 is 2.24 bits per heavy atom. The maximum absolute atomic E-state index is 11.5. The number of oxazole rings is 1. The topological polar surface area (TPSA) is 117 Å². The summed E-state index contributed by atoms with van der Waals surface area (Å²) in [5, 5.41) is 16.1. The highest BCUT2D eigenvalue weighted by Crippen LogP contribution is 2.09. The highest BCUT2D eigenvalue weighted by Gasteiger charge is 2.09. The van der Waals surface area contributed by atoms with Crippen molar-refractivity contribution in [3.63, 3.8) is 0 Å². The normalized spacial score (nSPS) is 10.3. The Morgan fingerprint density at radius 1 is 1.43 bits per heavy atom. The van der Waals surface area contributed by atoms with Gasteiger partial charge in [-0.2, -0.15) is 0 Å². The van der Waals surface area contributed by atoms with Crippen molar-refractivity contribution in [1.29, 1.82) is 0 Å². The van der Waals surface area contributed by atoms with Crippen LogP contribution in [0.2, 0.25) is 0 Å². The number of aromatic nitrogens is 2. The van der Waals surface area contributed by atoms with Gasteiger partial charge < -0.3 is 20.2 Å². The van der Waals surface area contributed by atoms with Gasteiger partial charge in [-0.1, -0.05) is 0 Å². The number of carboxylic acids is 1. The number of carboxylic acid groups (broad SMARTS) is 1. The lowest BCUT2D eigenvalue weighted by atomic mass is 10.4. The molecule has 0 saturated carbocycles. The number of aromatic carboxylic acids is 1. The molecule has 3 N–H and O–H groups in total. The van der Waals surface area contributed by atoms with Crippen molar-refractivity contribution in [1.82, 2.24) is 20.6 Å². The first-order chi connectivity index (χ1) is 10.0. The number of aryl methyl sites for hydroxylation is 1. The Hall–Kier alpha value is -2.42. The molecular formula is C12H14N4O4S. The number of hydrogen-bond acceptors (Lipinski definition) is 6. The largest absolute Gasteiger partial charge is 0.476 e. The fraction of sp³-hybridized carbons (Fsp3) is 0.333. The summed E-state index contributed by atoms with van der Waals surface area (Å²) in [6.45, 7) is 2.35. The van der Waals surface area contributed by atoms with Gasteiger partial charge in [0.15, 0.2) is 5.69 Å². The number of carbonyl (C=O) groups is 2. The van der Waals surface area contributed by atoms with Gasteiger partial charge in [-0.3, -0.25) is 0 Å². The second-order valence-corrected chi connectivity index (χ2v) is 5.10. The number of hydrogen-bond donors (Lipinski definition) is 3. The van der Waals surface area contributed by atoms with Crippen molar-refractivity contribution in [2.75, 3.05) is 6.54 Å². The van der Waals surface area contributed by atoms with Gasteiger partial charge in [-0.15, -0.1) is 11.3 Å². The molecule has 0 unspecified atom stereocenters. The number of nitrogens with zero attached hydrogens (tertiary/aromatic N) is 2. The smallest absolute Gasteiger partial charge is 0.355 e. The van der Waals surface area contributed by atoms with Gasteiger partial charge in [0.1, 0.15) is 5.76 Å². The summed E-state index contributed by atoms with van der Waals surface area (Å²) in [5.41, 5.74) is 0.0266. The summed E-state index contributed by atoms with van der Waals surface area (Å²) in [6, 6.07) is -0.346. The molecule has 21 heavy (non-hydrogen) atoms. The Labute approximate surface area is 124 Å². The first kappa shape index (κ1) is 15.0. The van der Waals surface area contributed by atoms with Crippen LogP contribution in [0.3, 0.4) is 0 Å². The number of thiazole rings is 1. The average Bonchev–Trinajstić information content (AvgIpc) is 3.05. The van der Waals surface area contributed by atoms with Crippen LogP contribution in [0.25, 0.3) is 0 Å². The van der Waals surface area contributed by atoms with Gasteiger partial charge in [0.25, 0.3) is 0 Å². The molecule has 2 rings (SSSR count). The van der Waals surface area contributed by atoms with Crippen molar-refractivity contribution in [2.24, 2.45) is 0 Å². The lowest BCUT2D eigenvalue weighted by Gasteiger charge is -2.04. The zero-order valence-electron chi connectivity index (χ0n) is 11.3. The summed E-state index contributed by atoms with van der Waals surface area (Å²) in [6.07, 6.45) is 2.06. The fourth-order valence-corrected chi connectivity index (χ4v) is 2.28. The number of carbonyl (C=O) groups excluding carboxylic acids is 1. The molecule has 0 aromatic carbocycles. The summed E-state index contributed by atoms with van der Waals surface area (Å²) in [5.74, 6) is 0.0725. The van der Waals surface area contributed by atoms with E-state index >= 15 is 0 Å². The number of nitrogens with one attached hydrogen (secondary N) is 2. The van der Waals surface area contributed by atoms with Crippen LogP contribution in [0.4, 0.5) is 4.79 Å². The first-order valence-corrected chi connectivity index (χ1v) is 7.03. The average molecular weight is 310 g/mol. The molecule has 0 fully saturated rings. The fourth-order valence-electron chi connectivity index (χ4n) is 1.51. The molecular weight excluding hydrogens is 296 g/mol. The zero-order chi connectivity index (χ0) is 15.2. The van der Waals surface area contributed by atoms with Crippen molar-refractivity contribution in [2.45, 2.75) is 19.9 Å². The molecule has 0 saturated heterocycles. The molecule has 2 aromatic heterocycles. The molecule has 0 aliphatic heterocycles. The summed E-state index contributed by atoms with van der Waals surface area (Å²) in [7, 11) is 0. The van der Waals surface area contributed by atoms with E-state index in [-0.39, 0.29) is 18.3 Å². The number of amides is 2. The Bertz CT molecular complexity index is 637. The van der Waals surface area contributed by atoms with Gasteiger partial charge in [0, 0.05) is 18.3 Å².